The molecule has 4 heteroatoms. The number of hydrogen-bond donors (Lipinski definition) is 1. The van der Waals surface area contributed by atoms with Crippen LogP contribution in [0.4, 0.5) is 5.69 Å². The zero-order chi connectivity index (χ0) is 17.6. The second kappa shape index (κ2) is 7.59. The zero-order valence-corrected chi connectivity index (χ0v) is 14.1. The maximum absolute atomic E-state index is 12.4. The molecule has 0 saturated carbocycles. The number of para-hydroxylation sites is 1. The van der Waals surface area contributed by atoms with Gasteiger partial charge in [-0.15, -0.1) is 0 Å². The highest BCUT2D eigenvalue weighted by molar-refractivity contribution is 6.07. The minimum atomic E-state index is -0.550. The Hall–Kier alpha value is -2.88. The van der Waals surface area contributed by atoms with Gasteiger partial charge in [0.05, 0.1) is 0 Å². The number of rotatable bonds is 4. The van der Waals surface area contributed by atoms with E-state index < -0.39 is 11.6 Å². The average Bonchev–Trinajstić information content (AvgIpc) is 2.52. The minimum absolute atomic E-state index is 0.231. The fourth-order valence-electron chi connectivity index (χ4n) is 2.06. The summed E-state index contributed by atoms with van der Waals surface area (Å²) in [6.45, 7) is 5.42. The van der Waals surface area contributed by atoms with Gasteiger partial charge in [-0.3, -0.25) is 4.79 Å². The molecule has 0 aliphatic rings. The molecule has 0 aliphatic carbocycles. The molecular weight excluding hydrogens is 302 g/mol. The van der Waals surface area contributed by atoms with Crippen molar-refractivity contribution >= 4 is 23.6 Å². The lowest BCUT2D eigenvalue weighted by Gasteiger charge is -2.18. The highest BCUT2D eigenvalue weighted by Crippen LogP contribution is 2.15. The van der Waals surface area contributed by atoms with Crippen LogP contribution < -0.4 is 5.32 Å². The number of anilines is 1. The summed E-state index contributed by atoms with van der Waals surface area (Å²) in [5.74, 6) is -0.675. The molecule has 0 saturated heterocycles. The number of esters is 1. The maximum atomic E-state index is 12.4. The number of ether oxygens (including phenoxy) is 1. The van der Waals surface area contributed by atoms with Crippen LogP contribution in [0.25, 0.3) is 6.08 Å². The van der Waals surface area contributed by atoms with Crippen molar-refractivity contribution < 1.29 is 14.3 Å². The number of nitrogens with one attached hydrogen (secondary N) is 1. The highest BCUT2D eigenvalue weighted by atomic mass is 16.6. The van der Waals surface area contributed by atoms with Crippen LogP contribution >= 0.6 is 0 Å². The summed E-state index contributed by atoms with van der Waals surface area (Å²) in [6, 6.07) is 16.3. The Bertz CT molecular complexity index is 743. The first-order valence-corrected chi connectivity index (χ1v) is 7.72. The van der Waals surface area contributed by atoms with Gasteiger partial charge in [-0.05, 0) is 50.6 Å². The van der Waals surface area contributed by atoms with Gasteiger partial charge in [-0.25, -0.2) is 4.79 Å². The predicted molar refractivity (Wildman–Crippen MR) is 95.7 cm³/mol. The first kappa shape index (κ1) is 17.5. The SMILES string of the molecule is CC(C)(C)OC(=O)/C=C/c1ccccc1C(=O)Nc1ccccc1. The average molecular weight is 323 g/mol. The lowest BCUT2D eigenvalue weighted by atomic mass is 10.1. The molecule has 124 valence electrons. The molecule has 0 aromatic heterocycles. The Kier molecular flexibility index (Phi) is 5.53. The van der Waals surface area contributed by atoms with E-state index in [0.717, 1.165) is 0 Å². The van der Waals surface area contributed by atoms with Crippen LogP contribution in [0.15, 0.2) is 60.7 Å². The summed E-state index contributed by atoms with van der Waals surface area (Å²) in [7, 11) is 0. The van der Waals surface area contributed by atoms with Gasteiger partial charge in [-0.1, -0.05) is 36.4 Å². The van der Waals surface area contributed by atoms with Gasteiger partial charge in [0, 0.05) is 17.3 Å². The molecule has 24 heavy (non-hydrogen) atoms. The molecule has 0 atom stereocenters. The Morgan fingerprint density at radius 1 is 0.958 bits per heavy atom. The van der Waals surface area contributed by atoms with Gasteiger partial charge < -0.3 is 10.1 Å². The van der Waals surface area contributed by atoms with E-state index in [1.54, 1.807) is 45.0 Å². The van der Waals surface area contributed by atoms with E-state index in [9.17, 15) is 9.59 Å². The molecule has 0 spiro atoms. The molecular formula is C20H21NO3. The molecule has 0 heterocycles. The molecule has 2 rings (SSSR count). The molecule has 0 unspecified atom stereocenters. The fraction of sp³-hybridized carbons (Fsp3) is 0.200. The molecule has 0 aliphatic heterocycles. The maximum Gasteiger partial charge on any atom is 0.331 e. The molecule has 2 aromatic rings. The number of hydrogen-bond acceptors (Lipinski definition) is 3. The van der Waals surface area contributed by atoms with Gasteiger partial charge in [0.2, 0.25) is 0 Å². The van der Waals surface area contributed by atoms with Gasteiger partial charge in [-0.2, -0.15) is 0 Å². The smallest absolute Gasteiger partial charge is 0.331 e. The lowest BCUT2D eigenvalue weighted by molar-refractivity contribution is -0.148. The van der Waals surface area contributed by atoms with Crippen LogP contribution in [0.3, 0.4) is 0 Å². The van der Waals surface area contributed by atoms with E-state index >= 15 is 0 Å². The Labute approximate surface area is 142 Å². The van der Waals surface area contributed by atoms with Crippen LogP contribution in [-0.2, 0) is 9.53 Å². The third-order valence-corrected chi connectivity index (χ3v) is 3.04. The first-order valence-electron chi connectivity index (χ1n) is 7.72. The number of carbonyl (C=O) groups is 2. The van der Waals surface area contributed by atoms with Crippen molar-refractivity contribution in [3.05, 3.63) is 71.8 Å². The van der Waals surface area contributed by atoms with Gasteiger partial charge in [0.15, 0.2) is 0 Å². The van der Waals surface area contributed by atoms with E-state index in [4.69, 9.17) is 4.74 Å². The summed E-state index contributed by atoms with van der Waals surface area (Å²) in [5.41, 5.74) is 1.30. The summed E-state index contributed by atoms with van der Waals surface area (Å²) in [6.07, 6.45) is 2.92. The number of benzene rings is 2. The van der Waals surface area contributed by atoms with Crippen molar-refractivity contribution in [3.63, 3.8) is 0 Å². The summed E-state index contributed by atoms with van der Waals surface area (Å²) < 4.78 is 5.23. The van der Waals surface area contributed by atoms with E-state index in [1.807, 2.05) is 36.4 Å². The monoisotopic (exact) mass is 323 g/mol. The van der Waals surface area contributed by atoms with Crippen LogP contribution in [0.1, 0.15) is 36.7 Å². The van der Waals surface area contributed by atoms with Crippen molar-refractivity contribution in [1.82, 2.24) is 0 Å². The van der Waals surface area contributed by atoms with E-state index in [2.05, 4.69) is 5.32 Å². The molecule has 0 radical (unpaired) electrons. The molecule has 1 N–H and O–H groups in total. The van der Waals surface area contributed by atoms with Crippen LogP contribution in [0, 0.1) is 0 Å². The lowest BCUT2D eigenvalue weighted by Crippen LogP contribution is -2.22. The van der Waals surface area contributed by atoms with Crippen LogP contribution in [0.2, 0.25) is 0 Å². The summed E-state index contributed by atoms with van der Waals surface area (Å²) in [4.78, 5) is 24.2. The standard InChI is InChI=1S/C20H21NO3/c1-20(2,3)24-18(22)14-13-15-9-7-8-12-17(15)19(23)21-16-10-5-4-6-11-16/h4-14H,1-3H3,(H,21,23)/b14-13+. The molecule has 0 fully saturated rings. The first-order chi connectivity index (χ1) is 11.3. The van der Waals surface area contributed by atoms with Crippen molar-refractivity contribution in [1.29, 1.82) is 0 Å². The van der Waals surface area contributed by atoms with Gasteiger partial charge in [0.25, 0.3) is 5.91 Å². The molecule has 0 bridgehead atoms. The topological polar surface area (TPSA) is 55.4 Å². The van der Waals surface area contributed by atoms with E-state index in [0.29, 0.717) is 16.8 Å². The second-order valence-corrected chi connectivity index (χ2v) is 6.27. The summed E-state index contributed by atoms with van der Waals surface area (Å²) in [5, 5.41) is 2.84. The number of carbonyl (C=O) groups excluding carboxylic acids is 2. The molecule has 2 aromatic carbocycles. The van der Waals surface area contributed by atoms with Gasteiger partial charge >= 0.3 is 5.97 Å². The Balaban J connectivity index is 2.15. The Morgan fingerprint density at radius 3 is 2.25 bits per heavy atom. The zero-order valence-electron chi connectivity index (χ0n) is 14.1. The van der Waals surface area contributed by atoms with Gasteiger partial charge in [0.1, 0.15) is 5.60 Å². The van der Waals surface area contributed by atoms with Crippen molar-refractivity contribution in [2.24, 2.45) is 0 Å². The Morgan fingerprint density at radius 2 is 1.58 bits per heavy atom. The normalized spacial score (nSPS) is 11.3. The molecule has 1 amide bonds. The quantitative estimate of drug-likeness (QED) is 0.674. The van der Waals surface area contributed by atoms with E-state index in [-0.39, 0.29) is 5.91 Å². The molecule has 4 nitrogen and oxygen atoms in total. The largest absolute Gasteiger partial charge is 0.457 e. The third kappa shape index (κ3) is 5.39. The minimum Gasteiger partial charge on any atom is -0.457 e. The highest BCUT2D eigenvalue weighted by Gasteiger charge is 2.14. The fourth-order valence-corrected chi connectivity index (χ4v) is 2.06. The second-order valence-electron chi connectivity index (χ2n) is 6.27. The number of amides is 1. The van der Waals surface area contributed by atoms with Crippen molar-refractivity contribution in [2.75, 3.05) is 5.32 Å². The summed E-state index contributed by atoms with van der Waals surface area (Å²) >= 11 is 0. The van der Waals surface area contributed by atoms with Crippen LogP contribution in [0.5, 0.6) is 0 Å². The third-order valence-electron chi connectivity index (χ3n) is 3.04. The van der Waals surface area contributed by atoms with Crippen molar-refractivity contribution in [3.8, 4) is 0 Å². The van der Waals surface area contributed by atoms with Crippen LogP contribution in [-0.4, -0.2) is 17.5 Å². The van der Waals surface area contributed by atoms with E-state index in [1.165, 1.54) is 6.08 Å². The van der Waals surface area contributed by atoms with Crippen molar-refractivity contribution in [2.45, 2.75) is 26.4 Å². The predicted octanol–water partition coefficient (Wildman–Crippen LogP) is 4.29.